The molecule has 0 aromatic heterocycles. The van der Waals surface area contributed by atoms with Gasteiger partial charge in [-0.25, -0.2) is 0 Å². The van der Waals surface area contributed by atoms with Crippen LogP contribution in [0.4, 0.5) is 0 Å². The summed E-state index contributed by atoms with van der Waals surface area (Å²) in [6.07, 6.45) is 2.11. The van der Waals surface area contributed by atoms with E-state index in [1.165, 1.54) is 0 Å². The summed E-state index contributed by atoms with van der Waals surface area (Å²) in [6, 6.07) is 4.04. The van der Waals surface area contributed by atoms with E-state index in [2.05, 4.69) is 50.2 Å². The molecule has 0 fully saturated rings. The van der Waals surface area contributed by atoms with Crippen molar-refractivity contribution in [2.75, 3.05) is 20.3 Å². The predicted molar refractivity (Wildman–Crippen MR) is 85.6 cm³/mol. The lowest BCUT2D eigenvalue weighted by molar-refractivity contribution is 0.228. The highest BCUT2D eigenvalue weighted by Crippen LogP contribution is 2.32. The van der Waals surface area contributed by atoms with E-state index in [1.54, 1.807) is 7.11 Å². The van der Waals surface area contributed by atoms with E-state index in [1.807, 2.05) is 6.07 Å². The average Bonchev–Trinajstić information content (AvgIpc) is 2.37. The van der Waals surface area contributed by atoms with Gasteiger partial charge in [0.2, 0.25) is 0 Å². The van der Waals surface area contributed by atoms with E-state index < -0.39 is 0 Å². The van der Waals surface area contributed by atoms with Crippen molar-refractivity contribution in [3.63, 3.8) is 0 Å². The highest BCUT2D eigenvalue weighted by Gasteiger charge is 2.08. The van der Waals surface area contributed by atoms with Crippen LogP contribution in [0.3, 0.4) is 0 Å². The molecule has 0 aliphatic heterocycles. The zero-order chi connectivity index (χ0) is 14.3. The zero-order valence-electron chi connectivity index (χ0n) is 11.4. The summed E-state index contributed by atoms with van der Waals surface area (Å²) in [5.74, 6) is 1.26. The molecule has 5 heteroatoms. The molecule has 0 saturated carbocycles. The van der Waals surface area contributed by atoms with Crippen LogP contribution in [-0.4, -0.2) is 25.4 Å². The van der Waals surface area contributed by atoms with E-state index >= 15 is 0 Å². The molecule has 0 radical (unpaired) electrons. The number of aliphatic hydroxyl groups is 1. The van der Waals surface area contributed by atoms with Gasteiger partial charge in [0.15, 0.2) is 0 Å². The fourth-order valence-electron chi connectivity index (χ4n) is 1.86. The van der Waals surface area contributed by atoms with Crippen molar-refractivity contribution in [2.45, 2.75) is 26.3 Å². The number of benzene rings is 1. The number of hydrogen-bond acceptors (Lipinski definition) is 3. The van der Waals surface area contributed by atoms with E-state index in [0.29, 0.717) is 5.92 Å². The molecular formula is C14H21Br2NO2. The second kappa shape index (κ2) is 8.95. The highest BCUT2D eigenvalue weighted by molar-refractivity contribution is 9.11. The van der Waals surface area contributed by atoms with Crippen molar-refractivity contribution >= 4 is 31.9 Å². The number of nitrogens with one attached hydrogen (secondary N) is 1. The molecule has 0 aliphatic carbocycles. The molecule has 2 N–H and O–H groups in total. The molecule has 0 amide bonds. The van der Waals surface area contributed by atoms with Crippen molar-refractivity contribution in [3.8, 4) is 5.75 Å². The van der Waals surface area contributed by atoms with Gasteiger partial charge in [0.05, 0.1) is 11.6 Å². The number of ether oxygens (including phenoxy) is 1. The maximum atomic E-state index is 8.95. The van der Waals surface area contributed by atoms with Crippen molar-refractivity contribution in [3.05, 3.63) is 26.6 Å². The van der Waals surface area contributed by atoms with Gasteiger partial charge in [0.1, 0.15) is 5.75 Å². The Morgan fingerprint density at radius 1 is 1.37 bits per heavy atom. The standard InChI is InChI=1S/C14H21Br2NO2/c1-10(9-18)4-3-5-17-8-11-6-12(15)7-13(16)14(11)19-2/h6-7,10,17-18H,3-5,8-9H2,1-2H3. The molecule has 0 aliphatic rings. The first kappa shape index (κ1) is 17.0. The first-order chi connectivity index (χ1) is 9.08. The van der Waals surface area contributed by atoms with E-state index in [9.17, 15) is 0 Å². The molecule has 0 spiro atoms. The first-order valence-electron chi connectivity index (χ1n) is 6.42. The lowest BCUT2D eigenvalue weighted by Gasteiger charge is -2.13. The van der Waals surface area contributed by atoms with Crippen LogP contribution >= 0.6 is 31.9 Å². The van der Waals surface area contributed by atoms with Gasteiger partial charge in [0, 0.05) is 23.2 Å². The van der Waals surface area contributed by atoms with Gasteiger partial charge in [0.25, 0.3) is 0 Å². The fourth-order valence-corrected chi connectivity index (χ4v) is 3.34. The Balaban J connectivity index is 2.45. The molecule has 1 atom stereocenters. The second-order valence-corrected chi connectivity index (χ2v) is 6.46. The van der Waals surface area contributed by atoms with Crippen LogP contribution in [-0.2, 0) is 6.54 Å². The van der Waals surface area contributed by atoms with Gasteiger partial charge in [-0.1, -0.05) is 22.9 Å². The lowest BCUT2D eigenvalue weighted by Crippen LogP contribution is -2.16. The maximum Gasteiger partial charge on any atom is 0.137 e. The first-order valence-corrected chi connectivity index (χ1v) is 8.00. The van der Waals surface area contributed by atoms with Crippen molar-refractivity contribution < 1.29 is 9.84 Å². The van der Waals surface area contributed by atoms with Crippen LogP contribution < -0.4 is 10.1 Å². The number of halogens is 2. The summed E-state index contributed by atoms with van der Waals surface area (Å²) >= 11 is 6.98. The Morgan fingerprint density at radius 2 is 2.11 bits per heavy atom. The second-order valence-electron chi connectivity index (χ2n) is 4.69. The van der Waals surface area contributed by atoms with Crippen molar-refractivity contribution in [2.24, 2.45) is 5.92 Å². The number of methoxy groups -OCH3 is 1. The predicted octanol–water partition coefficient (Wildman–Crippen LogP) is 3.72. The van der Waals surface area contributed by atoms with Gasteiger partial charge in [-0.05, 0) is 53.4 Å². The minimum atomic E-state index is 0.270. The Morgan fingerprint density at radius 3 is 2.74 bits per heavy atom. The molecule has 0 saturated heterocycles. The Hall–Kier alpha value is -0.100. The van der Waals surface area contributed by atoms with Gasteiger partial charge in [-0.3, -0.25) is 0 Å². The third-order valence-corrected chi connectivity index (χ3v) is 4.01. The van der Waals surface area contributed by atoms with E-state index in [4.69, 9.17) is 9.84 Å². The Kier molecular flexibility index (Phi) is 7.99. The number of aliphatic hydroxyl groups excluding tert-OH is 1. The van der Waals surface area contributed by atoms with Crippen LogP contribution in [0.2, 0.25) is 0 Å². The third-order valence-electron chi connectivity index (χ3n) is 2.97. The summed E-state index contributed by atoms with van der Waals surface area (Å²) < 4.78 is 7.39. The SMILES string of the molecule is COc1c(Br)cc(Br)cc1CNCCCC(C)CO. The highest BCUT2D eigenvalue weighted by atomic mass is 79.9. The molecule has 3 nitrogen and oxygen atoms in total. The van der Waals surface area contributed by atoms with E-state index in [0.717, 1.165) is 46.2 Å². The monoisotopic (exact) mass is 393 g/mol. The van der Waals surface area contributed by atoms with Crippen LogP contribution in [0, 0.1) is 5.92 Å². The number of rotatable bonds is 8. The Labute approximate surface area is 132 Å². The van der Waals surface area contributed by atoms with E-state index in [-0.39, 0.29) is 6.61 Å². The van der Waals surface area contributed by atoms with Crippen LogP contribution in [0.15, 0.2) is 21.1 Å². The molecule has 0 bridgehead atoms. The molecule has 1 aromatic rings. The van der Waals surface area contributed by atoms with Gasteiger partial charge in [-0.2, -0.15) is 0 Å². The summed E-state index contributed by atoms with van der Waals surface area (Å²) in [7, 11) is 1.68. The summed E-state index contributed by atoms with van der Waals surface area (Å²) in [5, 5.41) is 12.4. The van der Waals surface area contributed by atoms with Crippen molar-refractivity contribution in [1.29, 1.82) is 0 Å². The summed E-state index contributed by atoms with van der Waals surface area (Å²) in [5.41, 5.74) is 1.12. The Bertz CT molecular complexity index is 399. The zero-order valence-corrected chi connectivity index (χ0v) is 14.6. The smallest absolute Gasteiger partial charge is 0.137 e. The molecule has 19 heavy (non-hydrogen) atoms. The molecular weight excluding hydrogens is 374 g/mol. The average molecular weight is 395 g/mol. The molecule has 1 unspecified atom stereocenters. The summed E-state index contributed by atoms with van der Waals surface area (Å²) in [6.45, 7) is 4.05. The fraction of sp³-hybridized carbons (Fsp3) is 0.571. The van der Waals surface area contributed by atoms with Gasteiger partial charge < -0.3 is 15.2 Å². The van der Waals surface area contributed by atoms with Gasteiger partial charge in [-0.15, -0.1) is 0 Å². The lowest BCUT2D eigenvalue weighted by atomic mass is 10.1. The molecule has 1 rings (SSSR count). The van der Waals surface area contributed by atoms with Crippen molar-refractivity contribution in [1.82, 2.24) is 5.32 Å². The largest absolute Gasteiger partial charge is 0.495 e. The quantitative estimate of drug-likeness (QED) is 0.660. The van der Waals surface area contributed by atoms with Crippen LogP contribution in [0.5, 0.6) is 5.75 Å². The van der Waals surface area contributed by atoms with Crippen LogP contribution in [0.25, 0.3) is 0 Å². The molecule has 1 aromatic carbocycles. The minimum absolute atomic E-state index is 0.270. The molecule has 108 valence electrons. The maximum absolute atomic E-state index is 8.95. The topological polar surface area (TPSA) is 41.5 Å². The van der Waals surface area contributed by atoms with Crippen LogP contribution in [0.1, 0.15) is 25.3 Å². The normalized spacial score (nSPS) is 12.5. The number of hydrogen-bond donors (Lipinski definition) is 2. The summed E-state index contributed by atoms with van der Waals surface area (Å²) in [4.78, 5) is 0. The minimum Gasteiger partial charge on any atom is -0.495 e. The van der Waals surface area contributed by atoms with Gasteiger partial charge >= 0.3 is 0 Å². The third kappa shape index (κ3) is 5.81. The molecule has 0 heterocycles.